The van der Waals surface area contributed by atoms with Gasteiger partial charge < -0.3 is 10.1 Å². The number of aryl methyl sites for hydroxylation is 1. The fourth-order valence-corrected chi connectivity index (χ4v) is 3.70. The van der Waals surface area contributed by atoms with Gasteiger partial charge in [0.05, 0.1) is 0 Å². The van der Waals surface area contributed by atoms with Crippen LogP contribution in [-0.2, 0) is 13.0 Å². The van der Waals surface area contributed by atoms with E-state index in [0.29, 0.717) is 12.6 Å². The lowest BCUT2D eigenvalue weighted by Crippen LogP contribution is -2.33. The Labute approximate surface area is 167 Å². The van der Waals surface area contributed by atoms with Crippen molar-refractivity contribution in [3.8, 4) is 5.75 Å². The molecule has 1 heterocycles. The molecular weight excluding hydrogens is 342 g/mol. The summed E-state index contributed by atoms with van der Waals surface area (Å²) in [6, 6.07) is 30.1. The zero-order chi connectivity index (χ0) is 19.0. The summed E-state index contributed by atoms with van der Waals surface area (Å²) in [6.07, 6.45) is 5.69. The second-order valence-electron chi connectivity index (χ2n) is 7.36. The first-order valence-electron chi connectivity index (χ1n) is 10.1. The van der Waals surface area contributed by atoms with Crippen molar-refractivity contribution in [1.29, 1.82) is 0 Å². The largest absolute Gasteiger partial charge is 0.489 e. The lowest BCUT2D eigenvalue weighted by molar-refractivity contribution is 0.306. The fraction of sp³-hybridized carbons (Fsp3) is 0.231. The van der Waals surface area contributed by atoms with Crippen LogP contribution in [0.5, 0.6) is 5.75 Å². The van der Waals surface area contributed by atoms with Crippen LogP contribution in [0.25, 0.3) is 5.57 Å². The molecule has 0 saturated heterocycles. The van der Waals surface area contributed by atoms with Crippen molar-refractivity contribution in [2.75, 3.05) is 6.54 Å². The normalized spacial score (nSPS) is 16.4. The molecule has 3 aromatic carbocycles. The van der Waals surface area contributed by atoms with Gasteiger partial charge in [0.25, 0.3) is 0 Å². The molecule has 1 N–H and O–H groups in total. The summed E-state index contributed by atoms with van der Waals surface area (Å²) in [4.78, 5) is 0. The first-order chi connectivity index (χ1) is 13.9. The van der Waals surface area contributed by atoms with Gasteiger partial charge in [0.2, 0.25) is 0 Å². The number of nitrogens with one attached hydrogen (secondary N) is 1. The van der Waals surface area contributed by atoms with E-state index in [1.54, 1.807) is 0 Å². The minimum atomic E-state index is 0.536. The molecule has 0 radical (unpaired) electrons. The second-order valence-corrected chi connectivity index (χ2v) is 7.36. The standard InChI is InChI=1S/C26H27NO/c1-3-7-21(8-4-1)11-14-25-19-24(17-18-27-25)23-12-15-26(16-13-23)28-20-22-9-5-2-6-10-22/h1-10,12-13,15-17,25,27H,11,14,18-20H2/t25-/m1/s1. The lowest BCUT2D eigenvalue weighted by atomic mass is 9.92. The van der Waals surface area contributed by atoms with Gasteiger partial charge in [0.15, 0.2) is 0 Å². The topological polar surface area (TPSA) is 21.3 Å². The summed E-state index contributed by atoms with van der Waals surface area (Å²) in [5.41, 5.74) is 5.35. The number of benzene rings is 3. The maximum absolute atomic E-state index is 5.91. The van der Waals surface area contributed by atoms with Crippen LogP contribution in [0, 0.1) is 0 Å². The minimum Gasteiger partial charge on any atom is -0.489 e. The van der Waals surface area contributed by atoms with Crippen molar-refractivity contribution in [2.24, 2.45) is 0 Å². The van der Waals surface area contributed by atoms with Gasteiger partial charge in [0, 0.05) is 12.6 Å². The van der Waals surface area contributed by atoms with Crippen LogP contribution in [0.15, 0.2) is 91.0 Å². The van der Waals surface area contributed by atoms with Gasteiger partial charge in [-0.15, -0.1) is 0 Å². The molecule has 3 aromatic rings. The molecule has 0 fully saturated rings. The number of hydrogen-bond donors (Lipinski definition) is 1. The summed E-state index contributed by atoms with van der Waals surface area (Å²) >= 11 is 0. The van der Waals surface area contributed by atoms with E-state index in [2.05, 4.69) is 78.1 Å². The molecule has 0 amide bonds. The molecule has 2 heteroatoms. The average molecular weight is 370 g/mol. The van der Waals surface area contributed by atoms with Gasteiger partial charge in [0.1, 0.15) is 12.4 Å². The predicted molar refractivity (Wildman–Crippen MR) is 116 cm³/mol. The molecule has 0 aromatic heterocycles. The minimum absolute atomic E-state index is 0.536. The van der Waals surface area contributed by atoms with E-state index >= 15 is 0 Å². The lowest BCUT2D eigenvalue weighted by Gasteiger charge is -2.25. The molecule has 1 aliphatic heterocycles. The van der Waals surface area contributed by atoms with Gasteiger partial charge >= 0.3 is 0 Å². The molecule has 0 bridgehead atoms. The summed E-state index contributed by atoms with van der Waals surface area (Å²) < 4.78 is 5.91. The Bertz CT molecular complexity index is 885. The van der Waals surface area contributed by atoms with Crippen LogP contribution in [-0.4, -0.2) is 12.6 Å². The third-order valence-corrected chi connectivity index (χ3v) is 5.32. The summed E-state index contributed by atoms with van der Waals surface area (Å²) in [7, 11) is 0. The summed E-state index contributed by atoms with van der Waals surface area (Å²) in [5, 5.41) is 3.64. The zero-order valence-corrected chi connectivity index (χ0v) is 16.2. The molecule has 0 saturated carbocycles. The Balaban J connectivity index is 1.31. The molecule has 0 aliphatic carbocycles. The smallest absolute Gasteiger partial charge is 0.119 e. The zero-order valence-electron chi connectivity index (χ0n) is 16.2. The molecule has 1 atom stereocenters. The van der Waals surface area contributed by atoms with Gasteiger partial charge in [-0.25, -0.2) is 0 Å². The molecule has 4 rings (SSSR count). The van der Waals surface area contributed by atoms with Gasteiger partial charge in [-0.3, -0.25) is 0 Å². The predicted octanol–water partition coefficient (Wildman–Crippen LogP) is 5.64. The highest BCUT2D eigenvalue weighted by atomic mass is 16.5. The third-order valence-electron chi connectivity index (χ3n) is 5.32. The highest BCUT2D eigenvalue weighted by molar-refractivity contribution is 5.67. The number of rotatable bonds is 7. The van der Waals surface area contributed by atoms with E-state index in [-0.39, 0.29) is 0 Å². The summed E-state index contributed by atoms with van der Waals surface area (Å²) in [6.45, 7) is 1.55. The number of hydrogen-bond acceptors (Lipinski definition) is 2. The van der Waals surface area contributed by atoms with E-state index in [0.717, 1.165) is 25.1 Å². The highest BCUT2D eigenvalue weighted by Gasteiger charge is 2.16. The van der Waals surface area contributed by atoms with Crippen LogP contribution in [0.2, 0.25) is 0 Å². The fourth-order valence-electron chi connectivity index (χ4n) is 3.70. The van der Waals surface area contributed by atoms with Crippen LogP contribution in [0.4, 0.5) is 0 Å². The molecule has 2 nitrogen and oxygen atoms in total. The first-order valence-corrected chi connectivity index (χ1v) is 10.1. The van der Waals surface area contributed by atoms with Crippen molar-refractivity contribution < 1.29 is 4.74 Å². The third kappa shape index (κ3) is 5.11. The Morgan fingerprint density at radius 2 is 1.46 bits per heavy atom. The van der Waals surface area contributed by atoms with E-state index in [4.69, 9.17) is 4.74 Å². The van der Waals surface area contributed by atoms with Gasteiger partial charge in [-0.2, -0.15) is 0 Å². The van der Waals surface area contributed by atoms with E-state index < -0.39 is 0 Å². The Morgan fingerprint density at radius 3 is 2.18 bits per heavy atom. The van der Waals surface area contributed by atoms with E-state index in [1.807, 2.05) is 18.2 Å². The van der Waals surface area contributed by atoms with Crippen LogP contribution < -0.4 is 10.1 Å². The van der Waals surface area contributed by atoms with Crippen molar-refractivity contribution in [3.05, 3.63) is 108 Å². The molecule has 0 unspecified atom stereocenters. The van der Waals surface area contributed by atoms with Crippen molar-refractivity contribution in [3.63, 3.8) is 0 Å². The molecule has 1 aliphatic rings. The van der Waals surface area contributed by atoms with Gasteiger partial charge in [-0.05, 0) is 53.7 Å². The van der Waals surface area contributed by atoms with Crippen molar-refractivity contribution >= 4 is 5.57 Å². The first kappa shape index (κ1) is 18.5. The number of ether oxygens (including phenoxy) is 1. The van der Waals surface area contributed by atoms with Crippen LogP contribution in [0.3, 0.4) is 0 Å². The van der Waals surface area contributed by atoms with Crippen LogP contribution in [0.1, 0.15) is 29.5 Å². The average Bonchev–Trinajstić information content (AvgIpc) is 2.78. The van der Waals surface area contributed by atoms with Crippen molar-refractivity contribution in [1.82, 2.24) is 5.32 Å². The SMILES string of the molecule is C1=C(c2ccc(OCc3ccccc3)cc2)C[C@@H](CCc2ccccc2)NC1. The van der Waals surface area contributed by atoms with E-state index in [1.165, 1.54) is 28.7 Å². The molecule has 0 spiro atoms. The maximum Gasteiger partial charge on any atom is 0.119 e. The maximum atomic E-state index is 5.91. The Kier molecular flexibility index (Phi) is 6.21. The molecular formula is C26H27NO. The summed E-state index contributed by atoms with van der Waals surface area (Å²) in [5.74, 6) is 0.919. The van der Waals surface area contributed by atoms with Crippen molar-refractivity contribution in [2.45, 2.75) is 31.9 Å². The molecule has 28 heavy (non-hydrogen) atoms. The highest BCUT2D eigenvalue weighted by Crippen LogP contribution is 2.26. The quantitative estimate of drug-likeness (QED) is 0.581. The monoisotopic (exact) mass is 369 g/mol. The van der Waals surface area contributed by atoms with Crippen LogP contribution >= 0.6 is 0 Å². The Morgan fingerprint density at radius 1 is 0.786 bits per heavy atom. The van der Waals surface area contributed by atoms with Gasteiger partial charge in [-0.1, -0.05) is 78.9 Å². The molecule has 142 valence electrons. The Hall–Kier alpha value is -2.84. The van der Waals surface area contributed by atoms with E-state index in [9.17, 15) is 0 Å². The second kappa shape index (κ2) is 9.38.